The summed E-state index contributed by atoms with van der Waals surface area (Å²) < 4.78 is 16.7. The van der Waals surface area contributed by atoms with Gasteiger partial charge >= 0.3 is 17.9 Å². The van der Waals surface area contributed by atoms with E-state index >= 15 is 0 Å². The molecule has 0 rings (SSSR count). The predicted molar refractivity (Wildman–Crippen MR) is 238 cm³/mol. The average molecular weight is 793 g/mol. The van der Waals surface area contributed by atoms with Crippen molar-refractivity contribution in [1.82, 2.24) is 0 Å². The van der Waals surface area contributed by atoms with Gasteiger partial charge in [-0.3, -0.25) is 14.4 Å². The lowest BCUT2D eigenvalue weighted by molar-refractivity contribution is -0.167. The quantitative estimate of drug-likeness (QED) is 0.0347. The van der Waals surface area contributed by atoms with Gasteiger partial charge in [0.1, 0.15) is 13.2 Å². The molecule has 0 bridgehead atoms. The SMILES string of the molecule is CCCCCCCCCCCCC(=O)OC[C@H](COC(=O)CCCCCCCCCC(C)C)OC(=O)CCCCCCCCCCCCCCCCCC(C)C. The maximum Gasteiger partial charge on any atom is 0.306 e. The second-order valence-corrected chi connectivity index (χ2v) is 18.1. The van der Waals surface area contributed by atoms with Crippen LogP contribution in [-0.4, -0.2) is 37.2 Å². The van der Waals surface area contributed by atoms with Crippen molar-refractivity contribution in [2.24, 2.45) is 11.8 Å². The van der Waals surface area contributed by atoms with Crippen LogP contribution in [0.25, 0.3) is 0 Å². The fourth-order valence-corrected chi connectivity index (χ4v) is 7.46. The molecule has 0 aromatic carbocycles. The Bertz CT molecular complexity index is 854. The number of carbonyl (C=O) groups is 3. The van der Waals surface area contributed by atoms with Gasteiger partial charge in [-0.05, 0) is 31.1 Å². The van der Waals surface area contributed by atoms with Crippen molar-refractivity contribution in [1.29, 1.82) is 0 Å². The van der Waals surface area contributed by atoms with E-state index in [4.69, 9.17) is 14.2 Å². The van der Waals surface area contributed by atoms with Crippen molar-refractivity contribution in [2.45, 2.75) is 278 Å². The van der Waals surface area contributed by atoms with Crippen molar-refractivity contribution in [3.8, 4) is 0 Å². The molecule has 0 amide bonds. The highest BCUT2D eigenvalue weighted by molar-refractivity contribution is 5.71. The highest BCUT2D eigenvalue weighted by Gasteiger charge is 2.19. The molecule has 0 heterocycles. The molecule has 6 nitrogen and oxygen atoms in total. The molecule has 0 aromatic heterocycles. The molecule has 0 aliphatic heterocycles. The number of unbranched alkanes of at least 4 members (excludes halogenated alkanes) is 29. The predicted octanol–water partition coefficient (Wildman–Crippen LogP) is 15.8. The zero-order chi connectivity index (χ0) is 41.2. The molecule has 0 unspecified atom stereocenters. The molecule has 0 fully saturated rings. The summed E-state index contributed by atoms with van der Waals surface area (Å²) in [5.74, 6) is 0.774. The van der Waals surface area contributed by atoms with Crippen molar-refractivity contribution < 1.29 is 28.6 Å². The number of ether oxygens (including phenoxy) is 3. The van der Waals surface area contributed by atoms with Crippen molar-refractivity contribution in [2.75, 3.05) is 13.2 Å². The van der Waals surface area contributed by atoms with Gasteiger partial charge in [0.25, 0.3) is 0 Å². The van der Waals surface area contributed by atoms with Crippen LogP contribution in [0.2, 0.25) is 0 Å². The monoisotopic (exact) mass is 793 g/mol. The lowest BCUT2D eigenvalue weighted by Gasteiger charge is -2.18. The van der Waals surface area contributed by atoms with Crippen LogP contribution in [0.15, 0.2) is 0 Å². The Morgan fingerprint density at radius 1 is 0.339 bits per heavy atom. The van der Waals surface area contributed by atoms with Gasteiger partial charge in [0.2, 0.25) is 0 Å². The Hall–Kier alpha value is -1.59. The van der Waals surface area contributed by atoms with Crippen molar-refractivity contribution in [3.05, 3.63) is 0 Å². The third-order valence-corrected chi connectivity index (χ3v) is 11.2. The normalized spacial score (nSPS) is 12.1. The molecule has 0 radical (unpaired) electrons. The highest BCUT2D eigenvalue weighted by atomic mass is 16.6. The first-order chi connectivity index (χ1) is 27.2. The van der Waals surface area contributed by atoms with Crippen LogP contribution < -0.4 is 0 Å². The Balaban J connectivity index is 4.26. The molecule has 332 valence electrons. The van der Waals surface area contributed by atoms with Crippen LogP contribution in [0.5, 0.6) is 0 Å². The Kier molecular flexibility index (Phi) is 41.8. The molecule has 0 spiro atoms. The summed E-state index contributed by atoms with van der Waals surface area (Å²) >= 11 is 0. The molecule has 6 heteroatoms. The van der Waals surface area contributed by atoms with E-state index in [1.165, 1.54) is 161 Å². The summed E-state index contributed by atoms with van der Waals surface area (Å²) in [5.41, 5.74) is 0. The Morgan fingerprint density at radius 2 is 0.589 bits per heavy atom. The lowest BCUT2D eigenvalue weighted by atomic mass is 10.0. The highest BCUT2D eigenvalue weighted by Crippen LogP contribution is 2.17. The number of carbonyl (C=O) groups excluding carboxylic acids is 3. The maximum absolute atomic E-state index is 12.8. The van der Waals surface area contributed by atoms with Gasteiger partial charge in [0.15, 0.2) is 6.10 Å². The van der Waals surface area contributed by atoms with E-state index in [1.54, 1.807) is 0 Å². The first-order valence-corrected chi connectivity index (χ1v) is 24.7. The van der Waals surface area contributed by atoms with E-state index in [1.807, 2.05) is 0 Å². The van der Waals surface area contributed by atoms with Gasteiger partial charge in [-0.25, -0.2) is 0 Å². The third-order valence-electron chi connectivity index (χ3n) is 11.2. The molecule has 1 atom stereocenters. The second kappa shape index (κ2) is 43.0. The molecule has 0 saturated heterocycles. The first kappa shape index (κ1) is 54.4. The van der Waals surface area contributed by atoms with Gasteiger partial charge in [0.05, 0.1) is 0 Å². The van der Waals surface area contributed by atoms with E-state index in [0.717, 1.165) is 69.6 Å². The third kappa shape index (κ3) is 43.5. The minimum atomic E-state index is -0.760. The fraction of sp³-hybridized carbons (Fsp3) is 0.940. The molecule has 0 saturated carbocycles. The fourth-order valence-electron chi connectivity index (χ4n) is 7.46. The second-order valence-electron chi connectivity index (χ2n) is 18.1. The van der Waals surface area contributed by atoms with Gasteiger partial charge in [-0.2, -0.15) is 0 Å². The zero-order valence-corrected chi connectivity index (χ0v) is 38.3. The maximum atomic E-state index is 12.8. The van der Waals surface area contributed by atoms with E-state index < -0.39 is 6.10 Å². The summed E-state index contributed by atoms with van der Waals surface area (Å²) in [7, 11) is 0. The lowest BCUT2D eigenvalue weighted by Crippen LogP contribution is -2.30. The first-order valence-electron chi connectivity index (χ1n) is 24.7. The summed E-state index contributed by atoms with van der Waals surface area (Å²) in [6, 6.07) is 0. The molecule has 0 aliphatic carbocycles. The van der Waals surface area contributed by atoms with Crippen molar-refractivity contribution >= 4 is 17.9 Å². The number of hydrogen-bond donors (Lipinski definition) is 0. The molecule has 0 aliphatic rings. The van der Waals surface area contributed by atoms with Crippen molar-refractivity contribution in [3.63, 3.8) is 0 Å². The van der Waals surface area contributed by atoms with E-state index in [2.05, 4.69) is 34.6 Å². The summed E-state index contributed by atoms with van der Waals surface area (Å²) in [4.78, 5) is 37.8. The van der Waals surface area contributed by atoms with Crippen LogP contribution in [0.1, 0.15) is 272 Å². The van der Waals surface area contributed by atoms with Crippen LogP contribution in [0.4, 0.5) is 0 Å². The Morgan fingerprint density at radius 3 is 0.875 bits per heavy atom. The molecular weight excluding hydrogens is 697 g/mol. The molecule has 0 N–H and O–H groups in total. The molecule has 56 heavy (non-hydrogen) atoms. The van der Waals surface area contributed by atoms with Gasteiger partial charge in [0, 0.05) is 19.3 Å². The largest absolute Gasteiger partial charge is 0.462 e. The van der Waals surface area contributed by atoms with Gasteiger partial charge in [-0.1, -0.05) is 234 Å². The van der Waals surface area contributed by atoms with E-state index in [0.29, 0.717) is 19.3 Å². The Labute approximate surface area is 348 Å². The topological polar surface area (TPSA) is 78.9 Å². The van der Waals surface area contributed by atoms with Gasteiger partial charge in [-0.15, -0.1) is 0 Å². The number of hydrogen-bond acceptors (Lipinski definition) is 6. The van der Waals surface area contributed by atoms with Crippen LogP contribution in [0.3, 0.4) is 0 Å². The molecular formula is C50H96O6. The van der Waals surface area contributed by atoms with Crippen LogP contribution >= 0.6 is 0 Å². The molecule has 0 aromatic rings. The summed E-state index contributed by atoms with van der Waals surface area (Å²) in [5, 5.41) is 0. The number of esters is 3. The minimum Gasteiger partial charge on any atom is -0.462 e. The van der Waals surface area contributed by atoms with Crippen LogP contribution in [-0.2, 0) is 28.6 Å². The summed E-state index contributed by atoms with van der Waals surface area (Å²) in [6.07, 6.45) is 42.4. The minimum absolute atomic E-state index is 0.0646. The summed E-state index contributed by atoms with van der Waals surface area (Å²) in [6.45, 7) is 11.3. The van der Waals surface area contributed by atoms with E-state index in [9.17, 15) is 14.4 Å². The van der Waals surface area contributed by atoms with Crippen LogP contribution in [0, 0.1) is 11.8 Å². The average Bonchev–Trinajstić information content (AvgIpc) is 3.16. The van der Waals surface area contributed by atoms with Gasteiger partial charge < -0.3 is 14.2 Å². The zero-order valence-electron chi connectivity index (χ0n) is 38.3. The van der Waals surface area contributed by atoms with E-state index in [-0.39, 0.29) is 31.1 Å². The number of rotatable bonds is 44. The standard InChI is InChI=1S/C50H96O6/c1-6-7-8-9-10-11-20-25-30-35-40-48(51)54-43-47(44-55-49(52)41-36-31-27-22-24-29-34-39-46(4)5)56-50(53)42-37-32-26-21-18-16-14-12-13-15-17-19-23-28-33-38-45(2)3/h45-47H,6-44H2,1-5H3/t47-/m1/s1. The smallest absolute Gasteiger partial charge is 0.306 e.